The molecule has 5 rings (SSSR count). The zero-order valence-electron chi connectivity index (χ0n) is 18.6. The number of rotatable bonds is 5. The first-order chi connectivity index (χ1) is 17.4. The number of hydrogen-bond donors (Lipinski definition) is 0. The van der Waals surface area contributed by atoms with Gasteiger partial charge in [0.25, 0.3) is 5.56 Å². The van der Waals surface area contributed by atoms with Gasteiger partial charge in [-0.15, -0.1) is 0 Å². The molecule has 5 aromatic rings. The van der Waals surface area contributed by atoms with Gasteiger partial charge in [-0.1, -0.05) is 12.1 Å². The van der Waals surface area contributed by atoms with Crippen molar-refractivity contribution >= 4 is 10.8 Å². The predicted octanol–water partition coefficient (Wildman–Crippen LogP) is 6.19. The minimum absolute atomic E-state index is 0.113. The summed E-state index contributed by atoms with van der Waals surface area (Å²) in [5, 5.41) is 9.56. The van der Waals surface area contributed by atoms with Crippen LogP contribution in [0.1, 0.15) is 11.1 Å². The molecule has 8 heteroatoms. The molecule has 3 aromatic carbocycles. The van der Waals surface area contributed by atoms with Crippen LogP contribution in [-0.4, -0.2) is 9.55 Å². The summed E-state index contributed by atoms with van der Waals surface area (Å²) in [5.41, 5.74) is 1.10. The van der Waals surface area contributed by atoms with Crippen LogP contribution in [0.3, 0.4) is 0 Å². The summed E-state index contributed by atoms with van der Waals surface area (Å²) in [6.45, 7) is -0.180. The number of fused-ring (bicyclic) bond motifs is 1. The van der Waals surface area contributed by atoms with Crippen LogP contribution >= 0.6 is 0 Å². The maximum atomic E-state index is 14.4. The van der Waals surface area contributed by atoms with Gasteiger partial charge in [0.1, 0.15) is 29.3 Å². The van der Waals surface area contributed by atoms with Gasteiger partial charge in [-0.25, -0.2) is 18.2 Å². The fourth-order valence-electron chi connectivity index (χ4n) is 3.86. The van der Waals surface area contributed by atoms with E-state index < -0.39 is 23.0 Å². The van der Waals surface area contributed by atoms with Crippen LogP contribution in [0.15, 0.2) is 89.9 Å². The molecule has 176 valence electrons. The van der Waals surface area contributed by atoms with E-state index >= 15 is 0 Å². The minimum Gasteiger partial charge on any atom is -0.439 e. The van der Waals surface area contributed by atoms with Gasteiger partial charge in [0.05, 0.1) is 23.2 Å². The lowest BCUT2D eigenvalue weighted by atomic mass is 10.1. The average Bonchev–Trinajstić information content (AvgIpc) is 2.88. The van der Waals surface area contributed by atoms with Crippen molar-refractivity contribution < 1.29 is 17.9 Å². The molecule has 0 bridgehead atoms. The second-order valence-corrected chi connectivity index (χ2v) is 8.01. The number of hydrogen-bond acceptors (Lipinski definition) is 4. The number of benzene rings is 3. The third-order valence-electron chi connectivity index (χ3n) is 5.66. The molecule has 0 atom stereocenters. The molecule has 0 fully saturated rings. The van der Waals surface area contributed by atoms with Gasteiger partial charge in [-0.3, -0.25) is 4.79 Å². The summed E-state index contributed by atoms with van der Waals surface area (Å²) in [5.74, 6) is -1.30. The van der Waals surface area contributed by atoms with E-state index in [1.165, 1.54) is 29.0 Å². The number of aromatic nitrogens is 2. The zero-order chi connectivity index (χ0) is 25.2. The Kier molecular flexibility index (Phi) is 5.97. The van der Waals surface area contributed by atoms with Gasteiger partial charge in [0.2, 0.25) is 5.88 Å². The molecule has 0 aliphatic rings. The Hall–Kier alpha value is -4.90. The smallest absolute Gasteiger partial charge is 0.259 e. The van der Waals surface area contributed by atoms with Crippen LogP contribution in [-0.2, 0) is 6.54 Å². The standard InChI is InChI=1S/C28H16F3N3O2/c29-21-6-2-19-11-26(18-4-8-23(9-5-18)36-27-10-1-17(14-32)15-33-27)34(28(35)24(19)12-21)16-20-3-7-22(30)13-25(20)31/h1-13,15H,16H2. The predicted molar refractivity (Wildman–Crippen MR) is 128 cm³/mol. The van der Waals surface area contributed by atoms with Crippen molar-refractivity contribution in [3.63, 3.8) is 0 Å². The Bertz CT molecular complexity index is 1690. The van der Waals surface area contributed by atoms with E-state index in [1.54, 1.807) is 42.5 Å². The fourth-order valence-corrected chi connectivity index (χ4v) is 3.86. The first kappa shape index (κ1) is 22.9. The van der Waals surface area contributed by atoms with Crippen LogP contribution in [0.4, 0.5) is 13.2 Å². The molecule has 2 heterocycles. The van der Waals surface area contributed by atoms with Gasteiger partial charge in [0.15, 0.2) is 0 Å². The molecule has 0 N–H and O–H groups in total. The van der Waals surface area contributed by atoms with Crippen molar-refractivity contribution in [2.24, 2.45) is 0 Å². The van der Waals surface area contributed by atoms with E-state index in [0.29, 0.717) is 33.8 Å². The molecule has 0 saturated heterocycles. The van der Waals surface area contributed by atoms with Gasteiger partial charge >= 0.3 is 0 Å². The maximum Gasteiger partial charge on any atom is 0.259 e. The molecule has 0 amide bonds. The van der Waals surface area contributed by atoms with Gasteiger partial charge < -0.3 is 9.30 Å². The van der Waals surface area contributed by atoms with Crippen LogP contribution in [0, 0.1) is 28.8 Å². The lowest BCUT2D eigenvalue weighted by Gasteiger charge is -2.16. The van der Waals surface area contributed by atoms with Crippen LogP contribution in [0.5, 0.6) is 11.6 Å². The molecule has 0 spiro atoms. The molecular weight excluding hydrogens is 467 g/mol. The summed E-state index contributed by atoms with van der Waals surface area (Å²) >= 11 is 0. The number of ether oxygens (including phenoxy) is 1. The van der Waals surface area contributed by atoms with Crippen molar-refractivity contribution in [1.82, 2.24) is 9.55 Å². The monoisotopic (exact) mass is 483 g/mol. The van der Waals surface area contributed by atoms with Crippen LogP contribution in [0.25, 0.3) is 22.0 Å². The van der Waals surface area contributed by atoms with Gasteiger partial charge in [-0.05, 0) is 65.5 Å². The van der Waals surface area contributed by atoms with Crippen molar-refractivity contribution in [3.8, 4) is 29.0 Å². The van der Waals surface area contributed by atoms with Crippen molar-refractivity contribution in [2.75, 3.05) is 0 Å². The minimum atomic E-state index is -0.786. The lowest BCUT2D eigenvalue weighted by molar-refractivity contribution is 0.463. The van der Waals surface area contributed by atoms with Crippen LogP contribution in [0.2, 0.25) is 0 Å². The SMILES string of the molecule is N#Cc1ccc(Oc2ccc(-c3cc4ccc(F)cc4c(=O)n3Cc3ccc(F)cc3F)cc2)nc1. The van der Waals surface area contributed by atoms with Crippen LogP contribution < -0.4 is 10.3 Å². The van der Waals surface area contributed by atoms with E-state index in [1.807, 2.05) is 6.07 Å². The van der Waals surface area contributed by atoms with E-state index in [2.05, 4.69) is 4.98 Å². The van der Waals surface area contributed by atoms with E-state index in [-0.39, 0.29) is 17.5 Å². The average molecular weight is 483 g/mol. The first-order valence-corrected chi connectivity index (χ1v) is 10.8. The highest BCUT2D eigenvalue weighted by atomic mass is 19.1. The summed E-state index contributed by atoms with van der Waals surface area (Å²) in [4.78, 5) is 17.4. The summed E-state index contributed by atoms with van der Waals surface area (Å²) < 4.78 is 48.8. The molecule has 36 heavy (non-hydrogen) atoms. The fraction of sp³-hybridized carbons (Fsp3) is 0.0357. The molecule has 0 saturated carbocycles. The molecule has 0 unspecified atom stereocenters. The van der Waals surface area contributed by atoms with E-state index in [4.69, 9.17) is 10.00 Å². The third kappa shape index (κ3) is 4.55. The Labute approximate surface area is 203 Å². The Morgan fingerprint density at radius 1 is 0.889 bits per heavy atom. The quantitative estimate of drug-likeness (QED) is 0.299. The Morgan fingerprint density at radius 3 is 2.33 bits per heavy atom. The highest BCUT2D eigenvalue weighted by molar-refractivity contribution is 5.85. The van der Waals surface area contributed by atoms with Crippen molar-refractivity contribution in [3.05, 3.63) is 124 Å². The Morgan fingerprint density at radius 2 is 1.64 bits per heavy atom. The highest BCUT2D eigenvalue weighted by Gasteiger charge is 2.15. The highest BCUT2D eigenvalue weighted by Crippen LogP contribution is 2.28. The number of nitrogens with zero attached hydrogens (tertiary/aromatic N) is 3. The summed E-state index contributed by atoms with van der Waals surface area (Å²) in [6, 6.07) is 20.7. The van der Waals surface area contributed by atoms with Crippen molar-refractivity contribution in [2.45, 2.75) is 6.54 Å². The molecular formula is C28H16F3N3O2. The maximum absolute atomic E-state index is 14.4. The van der Waals surface area contributed by atoms with E-state index in [0.717, 1.165) is 18.2 Å². The van der Waals surface area contributed by atoms with Gasteiger partial charge in [-0.2, -0.15) is 5.26 Å². The second-order valence-electron chi connectivity index (χ2n) is 8.01. The van der Waals surface area contributed by atoms with Crippen molar-refractivity contribution in [1.29, 1.82) is 5.26 Å². The molecule has 0 radical (unpaired) electrons. The first-order valence-electron chi connectivity index (χ1n) is 10.8. The number of halogens is 3. The third-order valence-corrected chi connectivity index (χ3v) is 5.66. The summed E-state index contributed by atoms with van der Waals surface area (Å²) in [6.07, 6.45) is 1.40. The largest absolute Gasteiger partial charge is 0.439 e. The molecule has 0 aliphatic heterocycles. The topological polar surface area (TPSA) is 67.9 Å². The second kappa shape index (κ2) is 9.39. The van der Waals surface area contributed by atoms with Gasteiger partial charge in [0, 0.05) is 23.9 Å². The van der Waals surface area contributed by atoms with E-state index in [9.17, 15) is 18.0 Å². The Balaban J connectivity index is 1.57. The number of pyridine rings is 2. The molecule has 5 nitrogen and oxygen atoms in total. The normalized spacial score (nSPS) is 10.8. The lowest BCUT2D eigenvalue weighted by Crippen LogP contribution is -2.23. The molecule has 0 aliphatic carbocycles. The zero-order valence-corrected chi connectivity index (χ0v) is 18.6. The summed E-state index contributed by atoms with van der Waals surface area (Å²) in [7, 11) is 0. The molecule has 2 aromatic heterocycles. The number of nitriles is 1.